The number of hydrogen-bond donors (Lipinski definition) is 0. The summed E-state index contributed by atoms with van der Waals surface area (Å²) in [5, 5.41) is 2.80. The lowest BCUT2D eigenvalue weighted by Crippen LogP contribution is -2.35. The van der Waals surface area contributed by atoms with Crippen LogP contribution in [0.25, 0.3) is 38.2 Å². The van der Waals surface area contributed by atoms with E-state index < -0.39 is 11.6 Å². The molecule has 7 nitrogen and oxygen atoms in total. The number of amides is 1. The molecule has 0 N–H and O–H groups in total. The zero-order chi connectivity index (χ0) is 32.2. The first-order valence-corrected chi connectivity index (χ1v) is 15.9. The molecule has 46 heavy (non-hydrogen) atoms. The molecule has 236 valence electrons. The number of ether oxygens (including phenoxy) is 3. The van der Waals surface area contributed by atoms with E-state index in [1.807, 2.05) is 30.5 Å². The first-order chi connectivity index (χ1) is 22.3. The summed E-state index contributed by atoms with van der Waals surface area (Å²) in [7, 11) is 0. The Balaban J connectivity index is 1.64. The van der Waals surface area contributed by atoms with Crippen molar-refractivity contribution in [3.8, 4) is 28.3 Å². The van der Waals surface area contributed by atoms with Crippen molar-refractivity contribution in [1.82, 2.24) is 14.9 Å². The molecule has 0 atom stereocenters. The predicted molar refractivity (Wildman–Crippen MR) is 176 cm³/mol. The highest BCUT2D eigenvalue weighted by molar-refractivity contribution is 7.17. The molecule has 3 aromatic heterocycles. The lowest BCUT2D eigenvalue weighted by Gasteiger charge is -2.27. The van der Waals surface area contributed by atoms with Gasteiger partial charge in [0.05, 0.1) is 24.6 Å². The van der Waals surface area contributed by atoms with Gasteiger partial charge in [-0.25, -0.2) is 13.8 Å². The van der Waals surface area contributed by atoms with E-state index in [1.165, 1.54) is 42.5 Å². The van der Waals surface area contributed by atoms with Crippen LogP contribution in [0.5, 0.6) is 5.75 Å². The monoisotopic (exact) mass is 641 g/mol. The molecule has 5 heterocycles. The standard InChI is InChI=1S/C36H33F2N3O4S/c1-4-32(42)41-11-9-29-25(21-41)18-24(20-39-29)34-33-23(3)30(17-22(2)37)45-15-14-43-12-5-6-13-44-31-19-26(38)7-8-27(31)35(40-34)28-10-16-46-36(28)33/h4-8,10,16-20H,1,9,11-15,21H2,2-3H3/b6-5+,22-17+,30-23-. The summed E-state index contributed by atoms with van der Waals surface area (Å²) in [5.74, 6) is -0.274. The smallest absolute Gasteiger partial charge is 0.246 e. The topological polar surface area (TPSA) is 73.8 Å². The van der Waals surface area contributed by atoms with Gasteiger partial charge in [-0.2, -0.15) is 0 Å². The number of nitrogens with zero attached hydrogens (tertiary/aromatic N) is 3. The molecular weight excluding hydrogens is 608 g/mol. The summed E-state index contributed by atoms with van der Waals surface area (Å²) >= 11 is 1.52. The second-order valence-corrected chi connectivity index (χ2v) is 11.9. The van der Waals surface area contributed by atoms with Crippen LogP contribution in [0.15, 0.2) is 84.4 Å². The Kier molecular flexibility index (Phi) is 9.37. The predicted octanol–water partition coefficient (Wildman–Crippen LogP) is 7.82. The van der Waals surface area contributed by atoms with E-state index in [2.05, 4.69) is 6.58 Å². The SMILES string of the molecule is C=CC(=O)N1CCc2ncc(-c3nc4c5ccsc5c3/C(C)=C(/C=C(\C)F)OCCOC/C=C/COc3cc(F)ccc3-4)cc2C1. The van der Waals surface area contributed by atoms with Gasteiger partial charge in [0, 0.05) is 75.9 Å². The molecule has 0 fully saturated rings. The largest absolute Gasteiger partial charge is 0.491 e. The van der Waals surface area contributed by atoms with Gasteiger partial charge in [0.2, 0.25) is 5.91 Å². The fourth-order valence-corrected chi connectivity index (χ4v) is 6.67. The molecule has 0 saturated heterocycles. The molecule has 2 aliphatic rings. The molecule has 0 unspecified atom stereocenters. The molecular formula is C36H33F2N3O4S. The Morgan fingerprint density at radius 2 is 1.96 bits per heavy atom. The normalized spacial score (nSPS) is 18.3. The third kappa shape index (κ3) is 6.49. The maximum Gasteiger partial charge on any atom is 0.246 e. The number of carbonyl (C=O) groups excluding carboxylic acids is 1. The maximum absolute atomic E-state index is 14.5. The third-order valence-electron chi connectivity index (χ3n) is 7.88. The molecule has 0 radical (unpaired) electrons. The van der Waals surface area contributed by atoms with Gasteiger partial charge in [-0.05, 0) is 61.2 Å². The van der Waals surface area contributed by atoms with E-state index in [-0.39, 0.29) is 25.7 Å². The zero-order valence-electron chi connectivity index (χ0n) is 25.6. The lowest BCUT2D eigenvalue weighted by molar-refractivity contribution is -0.126. The molecule has 0 spiro atoms. The zero-order valence-corrected chi connectivity index (χ0v) is 26.5. The van der Waals surface area contributed by atoms with Crippen LogP contribution in [0, 0.1) is 5.82 Å². The van der Waals surface area contributed by atoms with Gasteiger partial charge in [-0.15, -0.1) is 11.3 Å². The van der Waals surface area contributed by atoms with Gasteiger partial charge in [0.1, 0.15) is 36.4 Å². The van der Waals surface area contributed by atoms with E-state index in [4.69, 9.17) is 24.2 Å². The number of hydrogen-bond acceptors (Lipinski definition) is 7. The number of thiophene rings is 1. The summed E-state index contributed by atoms with van der Waals surface area (Å²) in [5.41, 5.74) is 5.79. The van der Waals surface area contributed by atoms with Gasteiger partial charge in [-0.3, -0.25) is 9.78 Å². The molecule has 2 bridgehead atoms. The van der Waals surface area contributed by atoms with Gasteiger partial charge in [0.25, 0.3) is 0 Å². The number of carbonyl (C=O) groups is 1. The van der Waals surface area contributed by atoms with Gasteiger partial charge >= 0.3 is 0 Å². The van der Waals surface area contributed by atoms with Crippen LogP contribution in [-0.2, 0) is 27.2 Å². The van der Waals surface area contributed by atoms with Crippen molar-refractivity contribution in [2.45, 2.75) is 26.8 Å². The highest BCUT2D eigenvalue weighted by Gasteiger charge is 2.25. The van der Waals surface area contributed by atoms with Crippen LogP contribution in [0.2, 0.25) is 0 Å². The van der Waals surface area contributed by atoms with Crippen LogP contribution < -0.4 is 4.74 Å². The first-order valence-electron chi connectivity index (χ1n) is 15.0. The highest BCUT2D eigenvalue weighted by Crippen LogP contribution is 2.44. The Labute approximate surface area is 270 Å². The average molecular weight is 642 g/mol. The minimum atomic E-state index is -0.429. The van der Waals surface area contributed by atoms with E-state index in [9.17, 15) is 13.6 Å². The third-order valence-corrected chi connectivity index (χ3v) is 8.81. The first kappa shape index (κ1) is 31.3. The minimum Gasteiger partial charge on any atom is -0.491 e. The second-order valence-electron chi connectivity index (χ2n) is 11.0. The van der Waals surface area contributed by atoms with Crippen molar-refractivity contribution in [2.75, 3.05) is 33.0 Å². The van der Waals surface area contributed by atoms with E-state index >= 15 is 0 Å². The Morgan fingerprint density at radius 1 is 1.11 bits per heavy atom. The molecule has 1 aromatic carbocycles. The average Bonchev–Trinajstić information content (AvgIpc) is 3.55. The number of rotatable bonds is 3. The quantitative estimate of drug-likeness (QED) is 0.168. The molecule has 1 amide bonds. The summed E-state index contributed by atoms with van der Waals surface area (Å²) < 4.78 is 47.8. The van der Waals surface area contributed by atoms with E-state index in [1.54, 1.807) is 23.2 Å². The van der Waals surface area contributed by atoms with Crippen molar-refractivity contribution < 1.29 is 27.8 Å². The summed E-state index contributed by atoms with van der Waals surface area (Å²) in [6.45, 7) is 8.86. The van der Waals surface area contributed by atoms with Gasteiger partial charge in [0.15, 0.2) is 0 Å². The van der Waals surface area contributed by atoms with E-state index in [0.717, 1.165) is 26.9 Å². The van der Waals surface area contributed by atoms with Crippen LogP contribution in [0.3, 0.4) is 0 Å². The van der Waals surface area contributed by atoms with Crippen molar-refractivity contribution in [1.29, 1.82) is 0 Å². The second kappa shape index (κ2) is 13.8. The van der Waals surface area contributed by atoms with Crippen molar-refractivity contribution in [3.63, 3.8) is 0 Å². The lowest BCUT2D eigenvalue weighted by atomic mass is 9.94. The number of pyridine rings is 2. The van der Waals surface area contributed by atoms with Crippen molar-refractivity contribution in [3.05, 3.63) is 107 Å². The van der Waals surface area contributed by atoms with Gasteiger partial charge < -0.3 is 19.1 Å². The highest BCUT2D eigenvalue weighted by atomic mass is 32.1. The fraction of sp³-hybridized carbons (Fsp3) is 0.250. The van der Waals surface area contributed by atoms with Crippen molar-refractivity contribution >= 4 is 32.9 Å². The molecule has 6 rings (SSSR count). The summed E-state index contributed by atoms with van der Waals surface area (Å²) in [6, 6.07) is 8.40. The van der Waals surface area contributed by atoms with Crippen LogP contribution in [-0.4, -0.2) is 53.7 Å². The molecule has 10 heteroatoms. The molecule has 4 aromatic rings. The van der Waals surface area contributed by atoms with Crippen LogP contribution in [0.4, 0.5) is 8.78 Å². The van der Waals surface area contributed by atoms with Gasteiger partial charge in [-0.1, -0.05) is 12.7 Å². The number of allylic oxidation sites excluding steroid dienone is 3. The number of benzene rings is 1. The van der Waals surface area contributed by atoms with Crippen molar-refractivity contribution in [2.24, 2.45) is 0 Å². The summed E-state index contributed by atoms with van der Waals surface area (Å²) in [6.07, 6.45) is 8.72. The van der Waals surface area contributed by atoms with E-state index in [0.29, 0.717) is 65.7 Å². The molecule has 0 saturated carbocycles. The maximum atomic E-state index is 14.5. The molecule has 0 aliphatic carbocycles. The Morgan fingerprint density at radius 3 is 2.78 bits per heavy atom. The number of halogens is 2. The van der Waals surface area contributed by atoms with Crippen LogP contribution in [0.1, 0.15) is 30.7 Å². The van der Waals surface area contributed by atoms with Crippen LogP contribution >= 0.6 is 11.3 Å². The Hall–Kier alpha value is -4.67. The minimum absolute atomic E-state index is 0.141. The fourth-order valence-electron chi connectivity index (χ4n) is 5.67. The Bertz CT molecular complexity index is 1910. The molecule has 2 aliphatic heterocycles. The summed E-state index contributed by atoms with van der Waals surface area (Å²) in [4.78, 5) is 24.2. The number of aromatic nitrogens is 2. The number of fused-ring (bicyclic) bond motifs is 3.